The van der Waals surface area contributed by atoms with E-state index in [9.17, 15) is 13.6 Å². The lowest BCUT2D eigenvalue weighted by molar-refractivity contribution is 0.0996. The summed E-state index contributed by atoms with van der Waals surface area (Å²) in [5.41, 5.74) is -0.0780. The second-order valence-electron chi connectivity index (χ2n) is 5.40. The maximum absolute atomic E-state index is 13.5. The molecule has 0 saturated heterocycles. The predicted octanol–water partition coefficient (Wildman–Crippen LogP) is 2.85. The molecular weight excluding hydrogens is 262 g/mol. The van der Waals surface area contributed by atoms with Crippen molar-refractivity contribution in [1.82, 2.24) is 5.32 Å². The van der Waals surface area contributed by atoms with Crippen molar-refractivity contribution in [2.45, 2.75) is 44.2 Å². The van der Waals surface area contributed by atoms with Crippen LogP contribution < -0.4 is 5.32 Å². The summed E-state index contributed by atoms with van der Waals surface area (Å²) in [4.78, 5) is 16.6. The van der Waals surface area contributed by atoms with Crippen molar-refractivity contribution in [3.8, 4) is 0 Å². The van der Waals surface area contributed by atoms with Gasteiger partial charge in [-0.3, -0.25) is 9.79 Å². The minimum atomic E-state index is -0.814. The summed E-state index contributed by atoms with van der Waals surface area (Å²) in [5, 5.41) is 3.26. The number of carbonyl (C=O) groups excluding carboxylic acids is 1. The Bertz CT molecular complexity index is 571. The van der Waals surface area contributed by atoms with Gasteiger partial charge in [-0.1, -0.05) is 12.8 Å². The number of halogens is 2. The highest BCUT2D eigenvalue weighted by molar-refractivity contribution is 6.09. The molecule has 0 spiro atoms. The van der Waals surface area contributed by atoms with Gasteiger partial charge in [-0.25, -0.2) is 8.78 Å². The number of fused-ring (bicyclic) bond motifs is 1. The van der Waals surface area contributed by atoms with E-state index in [0.717, 1.165) is 25.0 Å². The number of nitrogens with one attached hydrogen (secondary N) is 1. The van der Waals surface area contributed by atoms with E-state index >= 15 is 0 Å². The molecule has 106 valence electrons. The van der Waals surface area contributed by atoms with Gasteiger partial charge < -0.3 is 5.32 Å². The molecule has 2 aliphatic rings. The van der Waals surface area contributed by atoms with E-state index in [0.29, 0.717) is 11.9 Å². The number of Topliss-reactive ketones (excluding diaryl/α,β-unsaturated/α-hetero) is 1. The first-order valence-corrected chi connectivity index (χ1v) is 6.95. The van der Waals surface area contributed by atoms with Crippen LogP contribution in [0.1, 0.15) is 42.5 Å². The zero-order chi connectivity index (χ0) is 14.1. The molecule has 3 rings (SSSR count). The second-order valence-corrected chi connectivity index (χ2v) is 5.40. The Kier molecular flexibility index (Phi) is 3.51. The average molecular weight is 278 g/mol. The van der Waals surface area contributed by atoms with Gasteiger partial charge in [0.25, 0.3) is 0 Å². The molecule has 0 bridgehead atoms. The Labute approximate surface area is 116 Å². The largest absolute Gasteiger partial charge is 0.369 e. The third kappa shape index (κ3) is 2.57. The van der Waals surface area contributed by atoms with Crippen LogP contribution in [0, 0.1) is 11.6 Å². The van der Waals surface area contributed by atoms with Crippen LogP contribution in [-0.4, -0.2) is 23.7 Å². The zero-order valence-corrected chi connectivity index (χ0v) is 11.0. The number of carbonyl (C=O) groups is 1. The normalized spacial score (nSPS) is 24.8. The van der Waals surface area contributed by atoms with Crippen LogP contribution in [0.15, 0.2) is 23.2 Å². The molecule has 5 heteroatoms. The molecule has 2 atom stereocenters. The number of hydrogen-bond donors (Lipinski definition) is 1. The molecule has 0 unspecified atom stereocenters. The smallest absolute Gasteiger partial charge is 0.173 e. The number of ketones is 1. The maximum atomic E-state index is 13.5. The standard InChI is InChI=1S/C15H16F2N2O/c16-9-5-6-10(11(17)7-9)14(20)8-15-18-12-3-1-2-4-13(12)19-15/h5-7,12-13H,1-4,8H2,(H,18,19)/t12-,13+. The molecule has 1 fully saturated rings. The van der Waals surface area contributed by atoms with E-state index in [-0.39, 0.29) is 23.8 Å². The monoisotopic (exact) mass is 278 g/mol. The summed E-state index contributed by atoms with van der Waals surface area (Å²) in [5.74, 6) is -1.23. The van der Waals surface area contributed by atoms with Crippen LogP contribution >= 0.6 is 0 Å². The number of aliphatic imine (C=N–C) groups is 1. The van der Waals surface area contributed by atoms with Crippen LogP contribution in [-0.2, 0) is 0 Å². The van der Waals surface area contributed by atoms with E-state index in [1.54, 1.807) is 0 Å². The van der Waals surface area contributed by atoms with Crippen molar-refractivity contribution in [2.75, 3.05) is 0 Å². The molecule has 1 aliphatic heterocycles. The number of benzene rings is 1. The Balaban J connectivity index is 1.70. The number of rotatable bonds is 3. The first-order valence-electron chi connectivity index (χ1n) is 6.95. The zero-order valence-electron chi connectivity index (χ0n) is 11.0. The van der Waals surface area contributed by atoms with E-state index in [1.165, 1.54) is 18.9 Å². The SMILES string of the molecule is O=C(CC1=N[C@@H]2CCCC[C@@H]2N1)c1ccc(F)cc1F. The molecular formula is C15H16F2N2O. The average Bonchev–Trinajstić information content (AvgIpc) is 2.80. The Morgan fingerprint density at radius 1 is 1.30 bits per heavy atom. The van der Waals surface area contributed by atoms with Crippen molar-refractivity contribution in [3.63, 3.8) is 0 Å². The number of nitrogens with zero attached hydrogens (tertiary/aromatic N) is 1. The predicted molar refractivity (Wildman–Crippen MR) is 71.9 cm³/mol. The lowest BCUT2D eigenvalue weighted by atomic mass is 9.92. The first kappa shape index (κ1) is 13.2. The van der Waals surface area contributed by atoms with E-state index < -0.39 is 11.6 Å². The molecule has 1 aromatic rings. The molecule has 0 radical (unpaired) electrons. The molecule has 3 nitrogen and oxygen atoms in total. The van der Waals surface area contributed by atoms with Crippen LogP contribution in [0.4, 0.5) is 8.78 Å². The summed E-state index contributed by atoms with van der Waals surface area (Å²) >= 11 is 0. The molecule has 20 heavy (non-hydrogen) atoms. The third-order valence-electron chi connectivity index (χ3n) is 3.96. The summed E-state index contributed by atoms with van der Waals surface area (Å²) in [6.07, 6.45) is 4.50. The lowest BCUT2D eigenvalue weighted by Crippen LogP contribution is -2.37. The van der Waals surface area contributed by atoms with E-state index in [2.05, 4.69) is 10.3 Å². The van der Waals surface area contributed by atoms with Gasteiger partial charge in [-0.05, 0) is 25.0 Å². The fraction of sp³-hybridized carbons (Fsp3) is 0.467. The van der Waals surface area contributed by atoms with Gasteiger partial charge in [0.2, 0.25) is 0 Å². The quantitative estimate of drug-likeness (QED) is 0.864. The van der Waals surface area contributed by atoms with Gasteiger partial charge in [0.15, 0.2) is 5.78 Å². The Morgan fingerprint density at radius 3 is 2.85 bits per heavy atom. The highest BCUT2D eigenvalue weighted by atomic mass is 19.1. The molecule has 1 aromatic carbocycles. The molecule has 0 aromatic heterocycles. The van der Waals surface area contributed by atoms with Crippen molar-refractivity contribution in [1.29, 1.82) is 0 Å². The molecule has 1 heterocycles. The van der Waals surface area contributed by atoms with Crippen molar-refractivity contribution < 1.29 is 13.6 Å². The fourth-order valence-electron chi connectivity index (χ4n) is 2.95. The molecule has 1 N–H and O–H groups in total. The molecule has 1 aliphatic carbocycles. The third-order valence-corrected chi connectivity index (χ3v) is 3.96. The minimum Gasteiger partial charge on any atom is -0.369 e. The fourth-order valence-corrected chi connectivity index (χ4v) is 2.95. The van der Waals surface area contributed by atoms with Crippen molar-refractivity contribution >= 4 is 11.6 Å². The van der Waals surface area contributed by atoms with E-state index in [4.69, 9.17) is 0 Å². The van der Waals surface area contributed by atoms with Gasteiger partial charge in [0, 0.05) is 12.1 Å². The van der Waals surface area contributed by atoms with Crippen LogP contribution in [0.25, 0.3) is 0 Å². The van der Waals surface area contributed by atoms with Gasteiger partial charge in [0.05, 0.1) is 18.0 Å². The van der Waals surface area contributed by atoms with Gasteiger partial charge >= 0.3 is 0 Å². The summed E-state index contributed by atoms with van der Waals surface area (Å²) < 4.78 is 26.4. The maximum Gasteiger partial charge on any atom is 0.173 e. The van der Waals surface area contributed by atoms with Crippen molar-refractivity contribution in [2.24, 2.45) is 4.99 Å². The second kappa shape index (κ2) is 5.31. The van der Waals surface area contributed by atoms with Crippen LogP contribution in [0.5, 0.6) is 0 Å². The number of amidine groups is 1. The highest BCUT2D eigenvalue weighted by Gasteiger charge is 2.31. The molecule has 1 saturated carbocycles. The van der Waals surface area contributed by atoms with Crippen LogP contribution in [0.3, 0.4) is 0 Å². The summed E-state index contributed by atoms with van der Waals surface area (Å²) in [6, 6.07) is 3.60. The lowest BCUT2D eigenvalue weighted by Gasteiger charge is -2.23. The van der Waals surface area contributed by atoms with Crippen molar-refractivity contribution in [3.05, 3.63) is 35.4 Å². The summed E-state index contributed by atoms with van der Waals surface area (Å²) in [6.45, 7) is 0. The molecule has 0 amide bonds. The minimum absolute atomic E-state index is 0.0511. The first-order chi connectivity index (χ1) is 9.63. The number of hydrogen-bond acceptors (Lipinski definition) is 3. The van der Waals surface area contributed by atoms with Crippen LogP contribution in [0.2, 0.25) is 0 Å². The Morgan fingerprint density at radius 2 is 2.10 bits per heavy atom. The summed E-state index contributed by atoms with van der Waals surface area (Å²) in [7, 11) is 0. The van der Waals surface area contributed by atoms with Gasteiger partial charge in [-0.15, -0.1) is 0 Å². The van der Waals surface area contributed by atoms with Gasteiger partial charge in [-0.2, -0.15) is 0 Å². The van der Waals surface area contributed by atoms with Gasteiger partial charge in [0.1, 0.15) is 17.5 Å². The Hall–Kier alpha value is -1.78. The van der Waals surface area contributed by atoms with E-state index in [1.807, 2.05) is 0 Å². The topological polar surface area (TPSA) is 41.5 Å². The highest BCUT2D eigenvalue weighted by Crippen LogP contribution is 2.25.